The van der Waals surface area contributed by atoms with Gasteiger partial charge in [-0.25, -0.2) is 0 Å². The van der Waals surface area contributed by atoms with Gasteiger partial charge in [-0.05, 0) is 31.2 Å². The number of carbonyl (C=O) groups is 2. The van der Waals surface area contributed by atoms with Gasteiger partial charge in [0.1, 0.15) is 0 Å². The molecule has 2 amide bonds. The van der Waals surface area contributed by atoms with E-state index in [1.54, 1.807) is 40.1 Å². The maximum absolute atomic E-state index is 12.6. The largest absolute Gasteiger partial charge is 0.490 e. The van der Waals surface area contributed by atoms with Gasteiger partial charge in [-0.15, -0.1) is 0 Å². The van der Waals surface area contributed by atoms with Crippen LogP contribution in [-0.4, -0.2) is 61.0 Å². The van der Waals surface area contributed by atoms with E-state index in [9.17, 15) is 9.59 Å². The first kappa shape index (κ1) is 20.0. The number of carbonyl (C=O) groups excluding carboxylic acids is 2. The Morgan fingerprint density at radius 2 is 1.46 bits per heavy atom. The Morgan fingerprint density at radius 3 is 2.11 bits per heavy atom. The zero-order valence-electron chi connectivity index (χ0n) is 15.8. The molecule has 6 nitrogen and oxygen atoms in total. The van der Waals surface area contributed by atoms with E-state index in [-0.39, 0.29) is 18.4 Å². The first-order chi connectivity index (χ1) is 13.6. The van der Waals surface area contributed by atoms with Crippen LogP contribution in [0.5, 0.6) is 11.5 Å². The Labute approximate surface area is 169 Å². The summed E-state index contributed by atoms with van der Waals surface area (Å²) >= 11 is 6.11. The van der Waals surface area contributed by atoms with E-state index in [4.69, 9.17) is 21.1 Å². The van der Waals surface area contributed by atoms with Crippen LogP contribution in [0.15, 0.2) is 48.5 Å². The minimum Gasteiger partial charge on any atom is -0.490 e. The molecule has 0 N–H and O–H groups in total. The van der Waals surface area contributed by atoms with Gasteiger partial charge in [-0.2, -0.15) is 0 Å². The van der Waals surface area contributed by atoms with E-state index < -0.39 is 0 Å². The average molecular weight is 403 g/mol. The summed E-state index contributed by atoms with van der Waals surface area (Å²) in [6.07, 6.45) is 0. The molecule has 0 unspecified atom stereocenters. The van der Waals surface area contributed by atoms with Crippen molar-refractivity contribution >= 4 is 23.4 Å². The minimum absolute atomic E-state index is 0.0669. The predicted octanol–water partition coefficient (Wildman–Crippen LogP) is 3.10. The van der Waals surface area contributed by atoms with Crippen LogP contribution in [0.25, 0.3) is 0 Å². The van der Waals surface area contributed by atoms with Crippen LogP contribution < -0.4 is 9.47 Å². The average Bonchev–Trinajstić information content (AvgIpc) is 2.73. The van der Waals surface area contributed by atoms with Gasteiger partial charge in [0.25, 0.3) is 11.8 Å². The second-order valence-electron chi connectivity index (χ2n) is 6.32. The van der Waals surface area contributed by atoms with Crippen molar-refractivity contribution in [3.05, 3.63) is 59.1 Å². The van der Waals surface area contributed by atoms with Crippen molar-refractivity contribution in [1.82, 2.24) is 9.80 Å². The fraction of sp³-hybridized carbons (Fsp3) is 0.333. The standard InChI is InChI=1S/C21H23ClN2O4/c1-2-27-18-9-5-6-10-19(18)28-15-20(25)23-11-13-24(14-12-23)21(26)16-7-3-4-8-17(16)22/h3-10H,2,11-15H2,1H3. The number of halogens is 1. The molecule has 1 aliphatic heterocycles. The predicted molar refractivity (Wildman–Crippen MR) is 107 cm³/mol. The third kappa shape index (κ3) is 4.75. The summed E-state index contributed by atoms with van der Waals surface area (Å²) in [7, 11) is 0. The highest BCUT2D eigenvalue weighted by atomic mass is 35.5. The van der Waals surface area contributed by atoms with Crippen molar-refractivity contribution in [3.63, 3.8) is 0 Å². The maximum atomic E-state index is 12.6. The van der Waals surface area contributed by atoms with Crippen LogP contribution in [0, 0.1) is 0 Å². The van der Waals surface area contributed by atoms with Gasteiger partial charge in [0.15, 0.2) is 18.1 Å². The van der Waals surface area contributed by atoms with Crippen molar-refractivity contribution in [3.8, 4) is 11.5 Å². The molecule has 0 saturated carbocycles. The van der Waals surface area contributed by atoms with Gasteiger partial charge in [-0.3, -0.25) is 9.59 Å². The quantitative estimate of drug-likeness (QED) is 0.745. The second-order valence-corrected chi connectivity index (χ2v) is 6.73. The SMILES string of the molecule is CCOc1ccccc1OCC(=O)N1CCN(C(=O)c2ccccc2Cl)CC1. The summed E-state index contributed by atoms with van der Waals surface area (Å²) in [4.78, 5) is 28.5. The highest BCUT2D eigenvalue weighted by Crippen LogP contribution is 2.26. The van der Waals surface area contributed by atoms with Gasteiger partial charge in [-0.1, -0.05) is 35.9 Å². The minimum atomic E-state index is -0.115. The summed E-state index contributed by atoms with van der Waals surface area (Å²) in [5.74, 6) is 0.939. The number of para-hydroxylation sites is 2. The Hall–Kier alpha value is -2.73. The lowest BCUT2D eigenvalue weighted by Gasteiger charge is -2.34. The Balaban J connectivity index is 1.52. The molecular formula is C21H23ClN2O4. The van der Waals surface area contributed by atoms with Gasteiger partial charge in [0, 0.05) is 26.2 Å². The summed E-state index contributed by atoms with van der Waals surface area (Å²) in [6, 6.07) is 14.3. The molecule has 2 aromatic rings. The molecule has 3 rings (SSSR count). The molecule has 0 aliphatic carbocycles. The van der Waals surface area contributed by atoms with Crippen molar-refractivity contribution < 1.29 is 19.1 Å². The first-order valence-corrected chi connectivity index (χ1v) is 9.64. The molecule has 0 bridgehead atoms. The van der Waals surface area contributed by atoms with Crippen molar-refractivity contribution in [2.75, 3.05) is 39.4 Å². The number of ether oxygens (including phenoxy) is 2. The lowest BCUT2D eigenvalue weighted by molar-refractivity contribution is -0.134. The van der Waals surface area contributed by atoms with E-state index in [1.165, 1.54) is 0 Å². The van der Waals surface area contributed by atoms with E-state index in [2.05, 4.69) is 0 Å². The Kier molecular flexibility index (Phi) is 6.76. The number of piperazine rings is 1. The van der Waals surface area contributed by atoms with Crippen LogP contribution in [0.1, 0.15) is 17.3 Å². The molecule has 2 aromatic carbocycles. The third-order valence-electron chi connectivity index (χ3n) is 4.52. The molecule has 1 heterocycles. The van der Waals surface area contributed by atoms with Crippen LogP contribution in [0.2, 0.25) is 5.02 Å². The van der Waals surface area contributed by atoms with Gasteiger partial charge >= 0.3 is 0 Å². The highest BCUT2D eigenvalue weighted by molar-refractivity contribution is 6.33. The van der Waals surface area contributed by atoms with Crippen LogP contribution >= 0.6 is 11.6 Å². The van der Waals surface area contributed by atoms with Crippen molar-refractivity contribution in [2.45, 2.75) is 6.92 Å². The number of benzene rings is 2. The highest BCUT2D eigenvalue weighted by Gasteiger charge is 2.26. The lowest BCUT2D eigenvalue weighted by atomic mass is 10.2. The fourth-order valence-electron chi connectivity index (χ4n) is 3.04. The zero-order chi connectivity index (χ0) is 19.9. The summed E-state index contributed by atoms with van der Waals surface area (Å²) in [5.41, 5.74) is 0.486. The Bertz CT molecular complexity index is 835. The van der Waals surface area contributed by atoms with Crippen LogP contribution in [0.4, 0.5) is 0 Å². The first-order valence-electron chi connectivity index (χ1n) is 9.26. The maximum Gasteiger partial charge on any atom is 0.260 e. The van der Waals surface area contributed by atoms with E-state index in [0.29, 0.717) is 54.9 Å². The molecular weight excluding hydrogens is 380 g/mol. The summed E-state index contributed by atoms with van der Waals surface area (Å²) < 4.78 is 11.2. The number of hydrogen-bond acceptors (Lipinski definition) is 4. The molecule has 1 fully saturated rings. The molecule has 148 valence electrons. The van der Waals surface area contributed by atoms with E-state index in [0.717, 1.165) is 0 Å². The van der Waals surface area contributed by atoms with E-state index in [1.807, 2.05) is 25.1 Å². The normalized spacial score (nSPS) is 13.9. The topological polar surface area (TPSA) is 59.1 Å². The van der Waals surface area contributed by atoms with Crippen LogP contribution in [-0.2, 0) is 4.79 Å². The van der Waals surface area contributed by atoms with Crippen molar-refractivity contribution in [2.24, 2.45) is 0 Å². The number of amides is 2. The monoisotopic (exact) mass is 402 g/mol. The lowest BCUT2D eigenvalue weighted by Crippen LogP contribution is -2.51. The molecule has 0 atom stereocenters. The third-order valence-corrected chi connectivity index (χ3v) is 4.85. The molecule has 28 heavy (non-hydrogen) atoms. The van der Waals surface area contributed by atoms with Gasteiger partial charge < -0.3 is 19.3 Å². The summed E-state index contributed by atoms with van der Waals surface area (Å²) in [6.45, 7) is 4.21. The second kappa shape index (κ2) is 9.46. The number of rotatable bonds is 6. The molecule has 7 heteroatoms. The van der Waals surface area contributed by atoms with E-state index >= 15 is 0 Å². The smallest absolute Gasteiger partial charge is 0.260 e. The fourth-order valence-corrected chi connectivity index (χ4v) is 3.26. The van der Waals surface area contributed by atoms with Gasteiger partial charge in [0.2, 0.25) is 0 Å². The van der Waals surface area contributed by atoms with Crippen LogP contribution in [0.3, 0.4) is 0 Å². The number of hydrogen-bond donors (Lipinski definition) is 0. The number of nitrogens with zero attached hydrogens (tertiary/aromatic N) is 2. The zero-order valence-corrected chi connectivity index (χ0v) is 16.5. The molecule has 1 aliphatic rings. The van der Waals surface area contributed by atoms with Crippen molar-refractivity contribution in [1.29, 1.82) is 0 Å². The molecule has 1 saturated heterocycles. The molecule has 0 aromatic heterocycles. The molecule has 0 radical (unpaired) electrons. The Morgan fingerprint density at radius 1 is 0.893 bits per heavy atom. The van der Waals surface area contributed by atoms with Gasteiger partial charge in [0.05, 0.1) is 17.2 Å². The summed E-state index contributed by atoms with van der Waals surface area (Å²) in [5, 5.41) is 0.437. The molecule has 0 spiro atoms.